The minimum absolute atomic E-state index is 0.105. The first-order chi connectivity index (χ1) is 14.9. The Hall–Kier alpha value is -1.70. The molecule has 0 amide bonds. The fraction of sp³-hybridized carbons (Fsp3) is 0.667. The Morgan fingerprint density at radius 1 is 1.33 bits per heavy atom. The zero-order valence-corrected chi connectivity index (χ0v) is 19.4. The molecule has 0 aliphatic carbocycles. The number of hydrogen-bond acceptors (Lipinski definition) is 9. The van der Waals surface area contributed by atoms with E-state index in [-0.39, 0.29) is 12.0 Å². The lowest BCUT2D eigenvalue weighted by Gasteiger charge is -2.27. The first-order valence-electron chi connectivity index (χ1n) is 8.63. The van der Waals surface area contributed by atoms with Crippen molar-refractivity contribution < 1.29 is 50.7 Å². The summed E-state index contributed by atoms with van der Waals surface area (Å²) in [6.07, 6.45) is -1.82. The number of aromatic nitrogens is 2. The van der Waals surface area contributed by atoms with E-state index in [9.17, 15) is 41.9 Å². The van der Waals surface area contributed by atoms with E-state index in [2.05, 4.69) is 18.9 Å². The Balaban J connectivity index is 2.25. The molecule has 1 aliphatic rings. The van der Waals surface area contributed by atoms with Gasteiger partial charge in [-0.05, 0) is 12.5 Å². The van der Waals surface area contributed by atoms with Gasteiger partial charge < -0.3 is 23.9 Å². The molecule has 1 aromatic heterocycles. The van der Waals surface area contributed by atoms with E-state index in [1.807, 2.05) is 4.98 Å². The maximum atomic E-state index is 14.2. The first-order valence-corrected chi connectivity index (χ1v) is 13.8. The molecule has 0 spiro atoms. The lowest BCUT2D eigenvalue weighted by Crippen LogP contribution is -2.33. The second-order valence-electron chi connectivity index (χ2n) is 6.85. The quantitative estimate of drug-likeness (QED) is 0.152. The fourth-order valence-corrected chi connectivity index (χ4v) is 7.01. The number of ether oxygens (including phenoxy) is 1. The molecular formula is C12H18F2N5O11P3. The summed E-state index contributed by atoms with van der Waals surface area (Å²) in [5, 5.41) is -2.18. The van der Waals surface area contributed by atoms with Gasteiger partial charge in [0, 0.05) is 29.8 Å². The number of nitrogens with zero attached hydrogens (tertiary/aromatic N) is 4. The second-order valence-corrected chi connectivity index (χ2v) is 12.9. The Morgan fingerprint density at radius 3 is 2.48 bits per heavy atom. The van der Waals surface area contributed by atoms with Crippen LogP contribution in [0.4, 0.5) is 8.78 Å². The van der Waals surface area contributed by atoms with Crippen molar-refractivity contribution in [3.63, 3.8) is 0 Å². The number of nitrogens with one attached hydrogen (secondary N) is 1. The zero-order chi connectivity index (χ0) is 25.4. The van der Waals surface area contributed by atoms with Crippen molar-refractivity contribution in [2.75, 3.05) is 13.3 Å². The summed E-state index contributed by atoms with van der Waals surface area (Å²) >= 11 is 0. The topological polar surface area (TPSA) is 243 Å². The third-order valence-electron chi connectivity index (χ3n) is 4.22. The van der Waals surface area contributed by atoms with E-state index < -0.39 is 64.4 Å². The number of H-pyrrole nitrogens is 1. The van der Waals surface area contributed by atoms with E-state index >= 15 is 0 Å². The molecule has 3 unspecified atom stereocenters. The van der Waals surface area contributed by atoms with Gasteiger partial charge in [0.25, 0.3) is 5.56 Å². The number of hydrogen-bond donors (Lipinski definition) is 4. The maximum absolute atomic E-state index is 14.2. The van der Waals surface area contributed by atoms with Crippen LogP contribution in [0.3, 0.4) is 0 Å². The minimum Gasteiger partial charge on any atom is -0.352 e. The lowest BCUT2D eigenvalue weighted by atomic mass is 10.1. The second kappa shape index (κ2) is 9.51. The van der Waals surface area contributed by atoms with Gasteiger partial charge in [-0.25, -0.2) is 9.11 Å². The fourth-order valence-electron chi connectivity index (χ4n) is 2.69. The van der Waals surface area contributed by atoms with Gasteiger partial charge in [0.2, 0.25) is 0 Å². The summed E-state index contributed by atoms with van der Waals surface area (Å²) in [5.41, 5.74) is 7.20. The van der Waals surface area contributed by atoms with Gasteiger partial charge in [-0.15, -0.1) is 0 Å². The molecule has 0 radical (unpaired) electrons. The van der Waals surface area contributed by atoms with Gasteiger partial charge >= 0.3 is 33.9 Å². The Kier molecular flexibility index (Phi) is 7.94. The van der Waals surface area contributed by atoms with Gasteiger partial charge in [-0.3, -0.25) is 28.0 Å². The number of aromatic amines is 1. The molecule has 2 rings (SSSR count). The molecule has 1 aromatic rings. The standard InChI is InChI=1S/C12H18F2N5O11P3/c1-6-4-19(11(21)16-10(6)20)9-3-7(17-18-15)8(29-9)5-28-32(24,25)12(13,14)33(26,27)30-31(2,22)23/h4,7-9H,3,5H2,1-2H3,(H,22,23)(H,24,25)(H,26,27)(H,16,20,21)/t7-,8+,9+/m1/s1. The van der Waals surface area contributed by atoms with Crippen LogP contribution in [0, 0.1) is 6.92 Å². The first kappa shape index (κ1) is 27.5. The van der Waals surface area contributed by atoms with Crippen LogP contribution >= 0.6 is 22.8 Å². The third kappa shape index (κ3) is 6.06. The largest absolute Gasteiger partial charge is 0.444 e. The maximum Gasteiger partial charge on any atom is 0.444 e. The average molecular weight is 539 g/mol. The van der Waals surface area contributed by atoms with Crippen molar-refractivity contribution in [1.29, 1.82) is 0 Å². The normalized spacial score (nSPS) is 26.6. The van der Waals surface area contributed by atoms with E-state index in [4.69, 9.17) is 15.2 Å². The van der Waals surface area contributed by atoms with E-state index in [1.165, 1.54) is 6.92 Å². The zero-order valence-electron chi connectivity index (χ0n) is 16.7. The van der Waals surface area contributed by atoms with Crippen LogP contribution in [0.25, 0.3) is 10.4 Å². The van der Waals surface area contributed by atoms with E-state index in [1.54, 1.807) is 0 Å². The van der Waals surface area contributed by atoms with Crippen LogP contribution in [0.5, 0.6) is 0 Å². The van der Waals surface area contributed by atoms with Gasteiger partial charge in [-0.2, -0.15) is 8.78 Å². The number of azide groups is 1. The summed E-state index contributed by atoms with van der Waals surface area (Å²) in [6.45, 7) is 0.478. The highest BCUT2D eigenvalue weighted by Crippen LogP contribution is 2.78. The molecule has 1 aliphatic heterocycles. The molecule has 6 atom stereocenters. The Morgan fingerprint density at radius 2 is 1.94 bits per heavy atom. The smallest absolute Gasteiger partial charge is 0.352 e. The van der Waals surface area contributed by atoms with E-state index in [0.717, 1.165) is 10.8 Å². The number of halogens is 2. The molecule has 21 heteroatoms. The summed E-state index contributed by atoms with van der Waals surface area (Å²) in [6, 6.07) is -1.21. The number of aryl methyl sites for hydroxylation is 1. The molecule has 2 heterocycles. The van der Waals surface area contributed by atoms with Crippen molar-refractivity contribution in [1.82, 2.24) is 9.55 Å². The van der Waals surface area contributed by atoms with Crippen LogP contribution in [0.1, 0.15) is 18.2 Å². The van der Waals surface area contributed by atoms with Gasteiger partial charge in [0.1, 0.15) is 6.23 Å². The van der Waals surface area contributed by atoms with Crippen LogP contribution in [-0.4, -0.2) is 55.1 Å². The Labute approximate surface area is 182 Å². The number of rotatable bonds is 9. The number of alkyl halides is 2. The highest BCUT2D eigenvalue weighted by Gasteiger charge is 2.68. The highest BCUT2D eigenvalue weighted by atomic mass is 31.3. The Bertz CT molecular complexity index is 1220. The SMILES string of the molecule is Cc1cn([C@@H]2C[C@@H](N=[N+]=[N-])[C@H](COP(=O)(O)C(F)(F)P(=O)(O)OP(C)(=O)O)O2)c(=O)[nH]c1=O. The molecule has 0 aromatic carbocycles. The average Bonchev–Trinajstić information content (AvgIpc) is 3.04. The third-order valence-corrected chi connectivity index (χ3v) is 9.69. The molecule has 33 heavy (non-hydrogen) atoms. The van der Waals surface area contributed by atoms with Crippen molar-refractivity contribution in [2.45, 2.75) is 37.1 Å². The molecule has 0 saturated carbocycles. The summed E-state index contributed by atoms with van der Waals surface area (Å²) in [7, 11) is -17.8. The van der Waals surface area contributed by atoms with Gasteiger partial charge in [-0.1, -0.05) is 5.11 Å². The summed E-state index contributed by atoms with van der Waals surface area (Å²) in [4.78, 5) is 55.8. The van der Waals surface area contributed by atoms with Crippen molar-refractivity contribution in [3.8, 4) is 0 Å². The summed E-state index contributed by atoms with van der Waals surface area (Å²) in [5.74, 6) is 0. The lowest BCUT2D eigenvalue weighted by molar-refractivity contribution is -0.0276. The molecule has 186 valence electrons. The van der Waals surface area contributed by atoms with Crippen molar-refractivity contribution >= 4 is 22.8 Å². The molecule has 1 fully saturated rings. The van der Waals surface area contributed by atoms with Crippen LogP contribution < -0.4 is 11.2 Å². The van der Waals surface area contributed by atoms with Crippen molar-refractivity contribution in [3.05, 3.63) is 43.0 Å². The van der Waals surface area contributed by atoms with E-state index in [0.29, 0.717) is 6.66 Å². The predicted molar refractivity (Wildman–Crippen MR) is 105 cm³/mol. The molecular weight excluding hydrogens is 521 g/mol. The molecule has 1 saturated heterocycles. The molecule has 16 nitrogen and oxygen atoms in total. The van der Waals surface area contributed by atoms with Gasteiger partial charge in [0.05, 0.1) is 18.8 Å². The summed E-state index contributed by atoms with van der Waals surface area (Å²) < 4.78 is 77.2. The van der Waals surface area contributed by atoms with Crippen molar-refractivity contribution in [2.24, 2.45) is 5.11 Å². The van der Waals surface area contributed by atoms with Crippen LogP contribution in [-0.2, 0) is 27.3 Å². The van der Waals surface area contributed by atoms with Crippen LogP contribution in [0.15, 0.2) is 20.9 Å². The van der Waals surface area contributed by atoms with Gasteiger partial charge in [0.15, 0.2) is 0 Å². The highest BCUT2D eigenvalue weighted by molar-refractivity contribution is 7.76. The minimum atomic E-state index is -6.49. The van der Waals surface area contributed by atoms with Crippen LogP contribution in [0.2, 0.25) is 0 Å². The molecule has 4 N–H and O–H groups in total. The molecule has 0 bridgehead atoms. The monoisotopic (exact) mass is 539 g/mol. The predicted octanol–water partition coefficient (Wildman–Crippen LogP) is 1.58.